The van der Waals surface area contributed by atoms with E-state index in [1.54, 1.807) is 4.90 Å². The van der Waals surface area contributed by atoms with E-state index in [0.29, 0.717) is 5.92 Å². The lowest BCUT2D eigenvalue weighted by Crippen LogP contribution is -3.14. The monoisotopic (exact) mass is 206 g/mol. The maximum atomic E-state index is 5.37. The van der Waals surface area contributed by atoms with E-state index in [4.69, 9.17) is 4.74 Å². The molecule has 0 amide bonds. The second-order valence-corrected chi connectivity index (χ2v) is 4.38. The van der Waals surface area contributed by atoms with Crippen LogP contribution in [0.5, 0.6) is 0 Å². The van der Waals surface area contributed by atoms with Gasteiger partial charge in [0.2, 0.25) is 0 Å². The van der Waals surface area contributed by atoms with Crippen molar-refractivity contribution in [2.45, 2.75) is 12.8 Å². The molecular weight excluding hydrogens is 186 g/mol. The Balaban J connectivity index is 1.88. The number of ether oxygens (including phenoxy) is 1. The largest absolute Gasteiger partial charge is 0.370 e. The zero-order valence-electron chi connectivity index (χ0n) is 9.41. The quantitative estimate of drug-likeness (QED) is 0.769. The Morgan fingerprint density at radius 3 is 2.53 bits per heavy atom. The third-order valence-electron chi connectivity index (χ3n) is 3.16. The van der Waals surface area contributed by atoms with Crippen molar-refractivity contribution in [1.82, 2.24) is 0 Å². The summed E-state index contributed by atoms with van der Waals surface area (Å²) in [5.74, 6) is 0.652. The molecule has 0 radical (unpaired) electrons. The van der Waals surface area contributed by atoms with Gasteiger partial charge in [-0.25, -0.2) is 0 Å². The number of benzene rings is 1. The molecule has 1 aliphatic heterocycles. The fourth-order valence-electron chi connectivity index (χ4n) is 2.20. The summed E-state index contributed by atoms with van der Waals surface area (Å²) in [4.78, 5) is 1.68. The standard InChI is InChI=1S/C13H19NO/c1-12(13-5-3-2-4-6-13)11-14-7-9-15-10-8-14/h2-6,12H,7-11H2,1H3/p+1/t12-/m1/s1. The van der Waals surface area contributed by atoms with Crippen molar-refractivity contribution in [3.8, 4) is 0 Å². The Labute approximate surface area is 91.9 Å². The fourth-order valence-corrected chi connectivity index (χ4v) is 2.20. The van der Waals surface area contributed by atoms with Crippen molar-refractivity contribution in [3.05, 3.63) is 35.9 Å². The van der Waals surface area contributed by atoms with Gasteiger partial charge in [-0.05, 0) is 5.56 Å². The van der Waals surface area contributed by atoms with Crippen molar-refractivity contribution < 1.29 is 9.64 Å². The van der Waals surface area contributed by atoms with Crippen LogP contribution in [0.1, 0.15) is 18.4 Å². The normalized spacial score (nSPS) is 20.1. The first-order chi connectivity index (χ1) is 7.36. The Morgan fingerprint density at radius 2 is 1.87 bits per heavy atom. The van der Waals surface area contributed by atoms with Crippen LogP contribution in [-0.4, -0.2) is 32.8 Å². The Hall–Kier alpha value is -0.860. The molecule has 15 heavy (non-hydrogen) atoms. The Bertz CT molecular complexity index is 280. The van der Waals surface area contributed by atoms with Gasteiger partial charge in [0, 0.05) is 5.92 Å². The number of quaternary nitrogens is 1. The van der Waals surface area contributed by atoms with Crippen molar-refractivity contribution >= 4 is 0 Å². The molecular formula is C13H20NO+. The van der Waals surface area contributed by atoms with Gasteiger partial charge in [-0.15, -0.1) is 0 Å². The van der Waals surface area contributed by atoms with E-state index in [1.807, 2.05) is 0 Å². The zero-order chi connectivity index (χ0) is 10.5. The van der Waals surface area contributed by atoms with E-state index in [2.05, 4.69) is 37.3 Å². The second kappa shape index (κ2) is 5.29. The summed E-state index contributed by atoms with van der Waals surface area (Å²) in [6, 6.07) is 10.8. The van der Waals surface area contributed by atoms with Gasteiger partial charge in [0.05, 0.1) is 19.8 Å². The van der Waals surface area contributed by atoms with E-state index in [1.165, 1.54) is 12.1 Å². The van der Waals surface area contributed by atoms with Crippen LogP contribution in [0.3, 0.4) is 0 Å². The molecule has 1 atom stereocenters. The first-order valence-electron chi connectivity index (χ1n) is 5.82. The first-order valence-corrected chi connectivity index (χ1v) is 5.82. The lowest BCUT2D eigenvalue weighted by atomic mass is 10.0. The molecule has 2 rings (SSSR count). The van der Waals surface area contributed by atoms with E-state index in [-0.39, 0.29) is 0 Å². The number of rotatable bonds is 3. The van der Waals surface area contributed by atoms with Gasteiger partial charge < -0.3 is 9.64 Å². The summed E-state index contributed by atoms with van der Waals surface area (Å²) < 4.78 is 5.37. The van der Waals surface area contributed by atoms with Gasteiger partial charge >= 0.3 is 0 Å². The zero-order valence-corrected chi connectivity index (χ0v) is 9.41. The van der Waals surface area contributed by atoms with Crippen LogP contribution in [0, 0.1) is 0 Å². The Morgan fingerprint density at radius 1 is 1.20 bits per heavy atom. The summed E-state index contributed by atoms with van der Waals surface area (Å²) in [5, 5.41) is 0. The van der Waals surface area contributed by atoms with Crippen molar-refractivity contribution in [1.29, 1.82) is 0 Å². The van der Waals surface area contributed by atoms with Gasteiger partial charge in [0.25, 0.3) is 0 Å². The molecule has 1 saturated heterocycles. The van der Waals surface area contributed by atoms with Gasteiger partial charge in [-0.2, -0.15) is 0 Å². The molecule has 2 nitrogen and oxygen atoms in total. The maximum Gasteiger partial charge on any atom is 0.101 e. The molecule has 1 aromatic carbocycles. The minimum Gasteiger partial charge on any atom is -0.370 e. The highest BCUT2D eigenvalue weighted by Gasteiger charge is 2.17. The molecule has 1 N–H and O–H groups in total. The highest BCUT2D eigenvalue weighted by molar-refractivity contribution is 5.18. The first kappa shape index (κ1) is 10.7. The topological polar surface area (TPSA) is 13.7 Å². The summed E-state index contributed by atoms with van der Waals surface area (Å²) in [6.07, 6.45) is 0. The summed E-state index contributed by atoms with van der Waals surface area (Å²) in [5.41, 5.74) is 1.46. The van der Waals surface area contributed by atoms with Crippen molar-refractivity contribution in [2.24, 2.45) is 0 Å². The predicted octanol–water partition coefficient (Wildman–Crippen LogP) is 0.705. The minimum atomic E-state index is 0.652. The highest BCUT2D eigenvalue weighted by Crippen LogP contribution is 2.11. The number of nitrogens with one attached hydrogen (secondary N) is 1. The molecule has 82 valence electrons. The van der Waals surface area contributed by atoms with Gasteiger partial charge in [-0.1, -0.05) is 37.3 Å². The summed E-state index contributed by atoms with van der Waals surface area (Å²) in [6.45, 7) is 7.73. The molecule has 1 aliphatic rings. The van der Waals surface area contributed by atoms with Gasteiger partial charge in [-0.3, -0.25) is 0 Å². The molecule has 0 saturated carbocycles. The SMILES string of the molecule is C[C@H](C[NH+]1CCOCC1)c1ccccc1. The third kappa shape index (κ3) is 3.05. The van der Waals surface area contributed by atoms with Crippen molar-refractivity contribution in [3.63, 3.8) is 0 Å². The molecule has 2 heteroatoms. The predicted molar refractivity (Wildman–Crippen MR) is 61.2 cm³/mol. The van der Waals surface area contributed by atoms with Crippen LogP contribution < -0.4 is 4.90 Å². The molecule has 0 unspecified atom stereocenters. The summed E-state index contributed by atoms with van der Waals surface area (Å²) in [7, 11) is 0. The van der Waals surface area contributed by atoms with E-state index in [9.17, 15) is 0 Å². The van der Waals surface area contributed by atoms with Crippen LogP contribution in [0.4, 0.5) is 0 Å². The van der Waals surface area contributed by atoms with Crippen LogP contribution in [-0.2, 0) is 4.74 Å². The average Bonchev–Trinajstić information content (AvgIpc) is 2.31. The van der Waals surface area contributed by atoms with Gasteiger partial charge in [0.15, 0.2) is 0 Å². The van der Waals surface area contributed by atoms with E-state index in [0.717, 1.165) is 26.3 Å². The maximum absolute atomic E-state index is 5.37. The molecule has 0 aromatic heterocycles. The summed E-state index contributed by atoms with van der Waals surface area (Å²) >= 11 is 0. The molecule has 1 aromatic rings. The van der Waals surface area contributed by atoms with E-state index < -0.39 is 0 Å². The van der Waals surface area contributed by atoms with Crippen LogP contribution in [0.2, 0.25) is 0 Å². The molecule has 0 bridgehead atoms. The van der Waals surface area contributed by atoms with E-state index >= 15 is 0 Å². The Kier molecular flexibility index (Phi) is 3.75. The highest BCUT2D eigenvalue weighted by atomic mass is 16.5. The molecule has 1 fully saturated rings. The fraction of sp³-hybridized carbons (Fsp3) is 0.538. The van der Waals surface area contributed by atoms with Crippen molar-refractivity contribution in [2.75, 3.05) is 32.8 Å². The molecule has 0 aliphatic carbocycles. The average molecular weight is 206 g/mol. The lowest BCUT2D eigenvalue weighted by molar-refractivity contribution is -0.909. The number of hydrogen-bond donors (Lipinski definition) is 1. The third-order valence-corrected chi connectivity index (χ3v) is 3.16. The minimum absolute atomic E-state index is 0.652. The second-order valence-electron chi connectivity index (χ2n) is 4.38. The molecule has 0 spiro atoms. The smallest absolute Gasteiger partial charge is 0.101 e. The molecule has 1 heterocycles. The van der Waals surface area contributed by atoms with Gasteiger partial charge in [0.1, 0.15) is 13.1 Å². The number of hydrogen-bond acceptors (Lipinski definition) is 1. The van der Waals surface area contributed by atoms with Crippen LogP contribution in [0.25, 0.3) is 0 Å². The van der Waals surface area contributed by atoms with Crippen LogP contribution >= 0.6 is 0 Å². The lowest BCUT2D eigenvalue weighted by Gasteiger charge is -2.26. The number of morpholine rings is 1. The van der Waals surface area contributed by atoms with Crippen LogP contribution in [0.15, 0.2) is 30.3 Å².